The van der Waals surface area contributed by atoms with Crippen LogP contribution in [0.1, 0.15) is 19.3 Å². The zero-order chi connectivity index (χ0) is 21.6. The van der Waals surface area contributed by atoms with Gasteiger partial charge in [0, 0.05) is 27.4 Å². The predicted octanol–water partition coefficient (Wildman–Crippen LogP) is 6.16. The Balaban J connectivity index is 1.32. The first kappa shape index (κ1) is 21.1. The van der Waals surface area contributed by atoms with Crippen molar-refractivity contribution in [1.82, 2.24) is 4.57 Å². The monoisotopic (exact) mass is 437 g/mol. The van der Waals surface area contributed by atoms with Gasteiger partial charge >= 0.3 is 5.97 Å². The highest BCUT2D eigenvalue weighted by atomic mass is 35.5. The maximum atomic E-state index is 11.4. The Morgan fingerprint density at radius 2 is 1.45 bits per heavy atom. The summed E-state index contributed by atoms with van der Waals surface area (Å²) < 4.78 is 13.5. The topological polar surface area (TPSA) is 60.7 Å². The maximum Gasteiger partial charge on any atom is 0.323 e. The number of fused-ring (bicyclic) bond motifs is 3. The molecule has 0 unspecified atom stereocenters. The molecular formula is C25H24ClNO4. The van der Waals surface area contributed by atoms with Gasteiger partial charge in [-0.05, 0) is 61.7 Å². The number of halogens is 1. The fraction of sp³-hybridized carbons (Fsp3) is 0.240. The lowest BCUT2D eigenvalue weighted by Crippen LogP contribution is -2.08. The highest BCUT2D eigenvalue weighted by Crippen LogP contribution is 2.31. The molecular weight excluding hydrogens is 414 g/mol. The minimum atomic E-state index is -0.866. The summed E-state index contributed by atoms with van der Waals surface area (Å²) >= 11 is 5.87. The molecule has 160 valence electrons. The van der Waals surface area contributed by atoms with Crippen molar-refractivity contribution in [2.24, 2.45) is 0 Å². The number of aliphatic carboxylic acids is 1. The third kappa shape index (κ3) is 5.12. The number of carbonyl (C=O) groups is 1. The van der Waals surface area contributed by atoms with E-state index in [4.69, 9.17) is 21.1 Å². The van der Waals surface area contributed by atoms with Crippen LogP contribution in [0.4, 0.5) is 0 Å². The minimum absolute atomic E-state index is 0.0823. The van der Waals surface area contributed by atoms with Crippen LogP contribution in [0.15, 0.2) is 66.7 Å². The lowest BCUT2D eigenvalue weighted by atomic mass is 10.1. The van der Waals surface area contributed by atoms with Gasteiger partial charge in [0.05, 0.1) is 18.7 Å². The summed E-state index contributed by atoms with van der Waals surface area (Å²) in [5.74, 6) is 0.708. The van der Waals surface area contributed by atoms with E-state index in [1.807, 2.05) is 71.3 Å². The molecule has 0 aliphatic rings. The molecule has 0 radical (unpaired) electrons. The lowest BCUT2D eigenvalue weighted by molar-refractivity contribution is -0.137. The number of hydrogen-bond acceptors (Lipinski definition) is 3. The third-order valence-corrected chi connectivity index (χ3v) is 5.43. The third-order valence-electron chi connectivity index (χ3n) is 5.18. The van der Waals surface area contributed by atoms with Gasteiger partial charge in [0.2, 0.25) is 0 Å². The number of unbranched alkanes of at least 4 members (excludes halogenated alkanes) is 2. The van der Waals surface area contributed by atoms with E-state index >= 15 is 0 Å². The summed E-state index contributed by atoms with van der Waals surface area (Å²) in [4.78, 5) is 11.4. The lowest BCUT2D eigenvalue weighted by Gasteiger charge is -2.09. The van der Waals surface area contributed by atoms with Crippen LogP contribution in [-0.2, 0) is 11.3 Å². The van der Waals surface area contributed by atoms with Gasteiger partial charge in [-0.3, -0.25) is 4.79 Å². The van der Waals surface area contributed by atoms with Crippen molar-refractivity contribution < 1.29 is 19.4 Å². The van der Waals surface area contributed by atoms with E-state index in [2.05, 4.69) is 0 Å². The number of ether oxygens (including phenoxy) is 2. The molecule has 0 saturated heterocycles. The second-order valence-electron chi connectivity index (χ2n) is 7.39. The Kier molecular flexibility index (Phi) is 6.63. The smallest absolute Gasteiger partial charge is 0.323 e. The molecule has 1 aromatic heterocycles. The van der Waals surface area contributed by atoms with Crippen molar-refractivity contribution in [3.63, 3.8) is 0 Å². The number of hydrogen-bond donors (Lipinski definition) is 1. The number of aromatic nitrogens is 1. The van der Waals surface area contributed by atoms with Gasteiger partial charge in [-0.1, -0.05) is 29.8 Å². The molecule has 0 aliphatic carbocycles. The molecule has 4 rings (SSSR count). The molecule has 5 nitrogen and oxygen atoms in total. The highest BCUT2D eigenvalue weighted by molar-refractivity contribution is 6.30. The van der Waals surface area contributed by atoms with Crippen molar-refractivity contribution >= 4 is 39.4 Å². The average molecular weight is 438 g/mol. The van der Waals surface area contributed by atoms with Gasteiger partial charge in [0.25, 0.3) is 0 Å². The van der Waals surface area contributed by atoms with E-state index in [-0.39, 0.29) is 6.54 Å². The first-order valence-electron chi connectivity index (χ1n) is 10.4. The largest absolute Gasteiger partial charge is 0.494 e. The molecule has 3 aromatic carbocycles. The van der Waals surface area contributed by atoms with E-state index in [1.54, 1.807) is 0 Å². The number of rotatable bonds is 10. The molecule has 1 heterocycles. The molecule has 1 N–H and O–H groups in total. The number of para-hydroxylation sites is 1. The van der Waals surface area contributed by atoms with Crippen LogP contribution in [0.5, 0.6) is 11.5 Å². The van der Waals surface area contributed by atoms with E-state index < -0.39 is 5.97 Å². The van der Waals surface area contributed by atoms with E-state index in [9.17, 15) is 9.90 Å². The zero-order valence-corrected chi connectivity index (χ0v) is 17.8. The van der Waals surface area contributed by atoms with Gasteiger partial charge in [-0.15, -0.1) is 0 Å². The Morgan fingerprint density at radius 1 is 0.806 bits per heavy atom. The average Bonchev–Trinajstić information content (AvgIpc) is 3.07. The van der Waals surface area contributed by atoms with Gasteiger partial charge in [-0.2, -0.15) is 0 Å². The molecule has 0 atom stereocenters. The second kappa shape index (κ2) is 9.75. The van der Waals surface area contributed by atoms with Gasteiger partial charge in [-0.25, -0.2) is 0 Å². The predicted molar refractivity (Wildman–Crippen MR) is 123 cm³/mol. The van der Waals surface area contributed by atoms with Crippen LogP contribution in [0.2, 0.25) is 5.02 Å². The number of nitrogens with zero attached hydrogens (tertiary/aromatic N) is 1. The summed E-state index contributed by atoms with van der Waals surface area (Å²) in [6, 6.07) is 21.1. The Hall–Kier alpha value is -3.18. The Morgan fingerprint density at radius 3 is 2.19 bits per heavy atom. The van der Waals surface area contributed by atoms with Crippen LogP contribution < -0.4 is 9.47 Å². The van der Waals surface area contributed by atoms with Gasteiger partial charge in [0.15, 0.2) is 0 Å². The molecule has 0 fully saturated rings. The first-order chi connectivity index (χ1) is 15.1. The molecule has 0 amide bonds. The summed E-state index contributed by atoms with van der Waals surface area (Å²) in [5, 5.41) is 12.1. The second-order valence-corrected chi connectivity index (χ2v) is 7.82. The van der Waals surface area contributed by atoms with Crippen molar-refractivity contribution in [2.75, 3.05) is 13.2 Å². The molecule has 31 heavy (non-hydrogen) atoms. The SMILES string of the molecule is O=C(O)Cn1c2ccccc2c2ccc(OCCCCCOc3ccc(Cl)cc3)cc21. The number of carboxylic acids is 1. The van der Waals surface area contributed by atoms with Crippen molar-refractivity contribution in [3.8, 4) is 11.5 Å². The van der Waals surface area contributed by atoms with Crippen molar-refractivity contribution in [3.05, 3.63) is 71.8 Å². The molecule has 6 heteroatoms. The first-order valence-corrected chi connectivity index (χ1v) is 10.7. The van der Waals surface area contributed by atoms with Crippen molar-refractivity contribution in [1.29, 1.82) is 0 Å². The van der Waals surface area contributed by atoms with Crippen LogP contribution in [0.25, 0.3) is 21.8 Å². The number of carboxylic acid groups (broad SMARTS) is 1. The standard InChI is InChI=1S/C25H24ClNO4/c26-18-8-10-19(11-9-18)30-14-4-1-5-15-31-20-12-13-22-21-6-2-3-7-23(21)27(17-25(28)29)24(22)16-20/h2-3,6-13,16H,1,4-5,14-15,17H2,(H,28,29). The van der Waals surface area contributed by atoms with Crippen LogP contribution in [-0.4, -0.2) is 28.9 Å². The van der Waals surface area contributed by atoms with E-state index in [1.165, 1.54) is 0 Å². The quantitative estimate of drug-likeness (QED) is 0.302. The van der Waals surface area contributed by atoms with E-state index in [0.717, 1.165) is 52.6 Å². The van der Waals surface area contributed by atoms with E-state index in [0.29, 0.717) is 18.2 Å². The molecule has 0 spiro atoms. The maximum absolute atomic E-state index is 11.4. The van der Waals surface area contributed by atoms with Crippen LogP contribution >= 0.6 is 11.6 Å². The Labute approximate surface area is 185 Å². The Bertz CT molecular complexity index is 1180. The van der Waals surface area contributed by atoms with Gasteiger partial charge < -0.3 is 19.1 Å². The van der Waals surface area contributed by atoms with Crippen LogP contribution in [0.3, 0.4) is 0 Å². The fourth-order valence-corrected chi connectivity index (χ4v) is 3.84. The summed E-state index contributed by atoms with van der Waals surface area (Å²) in [6.07, 6.45) is 2.85. The molecule has 0 bridgehead atoms. The molecule has 0 saturated carbocycles. The number of benzene rings is 3. The minimum Gasteiger partial charge on any atom is -0.494 e. The summed E-state index contributed by atoms with van der Waals surface area (Å²) in [5.41, 5.74) is 1.79. The highest BCUT2D eigenvalue weighted by Gasteiger charge is 2.13. The molecule has 0 aliphatic heterocycles. The summed E-state index contributed by atoms with van der Waals surface area (Å²) in [7, 11) is 0. The van der Waals surface area contributed by atoms with Crippen LogP contribution in [0, 0.1) is 0 Å². The fourth-order valence-electron chi connectivity index (χ4n) is 3.72. The zero-order valence-electron chi connectivity index (χ0n) is 17.1. The van der Waals surface area contributed by atoms with Crippen molar-refractivity contribution in [2.45, 2.75) is 25.8 Å². The van der Waals surface area contributed by atoms with Gasteiger partial charge in [0.1, 0.15) is 18.0 Å². The molecule has 4 aromatic rings. The normalized spacial score (nSPS) is 11.1. The summed E-state index contributed by atoms with van der Waals surface area (Å²) in [6.45, 7) is 1.18.